The Hall–Kier alpha value is 0.260. The van der Waals surface area contributed by atoms with Crippen molar-refractivity contribution in [1.29, 1.82) is 0 Å². The van der Waals surface area contributed by atoms with Crippen molar-refractivity contribution in [2.75, 3.05) is 0 Å². The second kappa shape index (κ2) is 3.78. The minimum Gasteiger partial charge on any atom is -0.206 e. The van der Waals surface area contributed by atoms with Gasteiger partial charge in [0.1, 0.15) is 10.1 Å². The summed E-state index contributed by atoms with van der Waals surface area (Å²) in [6.45, 7) is 0. The lowest BCUT2D eigenvalue weighted by atomic mass is 10.2. The molecule has 0 spiro atoms. The zero-order chi connectivity index (χ0) is 8.43. The molecule has 0 N–H and O–H groups in total. The molecule has 0 fully saturated rings. The van der Waals surface area contributed by atoms with E-state index in [1.165, 1.54) is 6.07 Å². The van der Waals surface area contributed by atoms with Crippen LogP contribution in [0.3, 0.4) is 0 Å². The Morgan fingerprint density at radius 2 is 2.18 bits per heavy atom. The van der Waals surface area contributed by atoms with E-state index < -0.39 is 0 Å². The average Bonchev–Trinajstić information content (AvgIpc) is 1.94. The first-order valence-electron chi connectivity index (χ1n) is 2.76. The van der Waals surface area contributed by atoms with Gasteiger partial charge in [0.15, 0.2) is 0 Å². The molecule has 0 saturated carbocycles. The number of rotatable bonds is 1. The summed E-state index contributed by atoms with van der Waals surface area (Å²) in [5, 5.41) is 0. The summed E-state index contributed by atoms with van der Waals surface area (Å²) in [5.41, 5.74) is 0.300. The molecule has 0 saturated heterocycles. The van der Waals surface area contributed by atoms with Gasteiger partial charge >= 0.3 is 0 Å². The van der Waals surface area contributed by atoms with Crippen molar-refractivity contribution in [3.05, 3.63) is 33.1 Å². The summed E-state index contributed by atoms with van der Waals surface area (Å²) in [6, 6.07) is 4.63. The maximum atomic E-state index is 12.8. The molecule has 0 atom stereocenters. The van der Waals surface area contributed by atoms with Crippen LogP contribution in [0.15, 0.2) is 18.2 Å². The van der Waals surface area contributed by atoms with Crippen molar-refractivity contribution in [2.45, 2.75) is 0 Å². The third-order valence-electron chi connectivity index (χ3n) is 1.14. The van der Waals surface area contributed by atoms with E-state index in [0.29, 0.717) is 5.56 Å². The van der Waals surface area contributed by atoms with Gasteiger partial charge in [0.2, 0.25) is 0 Å². The molecular formula is C7H3ClFIS. The zero-order valence-corrected chi connectivity index (χ0v) is 9.00. The van der Waals surface area contributed by atoms with Gasteiger partial charge in [-0.3, -0.25) is 0 Å². The van der Waals surface area contributed by atoms with Gasteiger partial charge in [0.05, 0.1) is 0 Å². The van der Waals surface area contributed by atoms with Gasteiger partial charge in [-0.2, -0.15) is 0 Å². The highest BCUT2D eigenvalue weighted by atomic mass is 127. The number of hydrogen-bond acceptors (Lipinski definition) is 1. The number of halogens is 3. The molecule has 0 aromatic heterocycles. The molecule has 0 radical (unpaired) electrons. The monoisotopic (exact) mass is 300 g/mol. The van der Waals surface area contributed by atoms with E-state index in [-0.39, 0.29) is 10.1 Å². The number of thiocarbonyl (C=S) groups is 1. The normalized spacial score (nSPS) is 9.73. The molecule has 0 amide bonds. The highest BCUT2D eigenvalue weighted by Gasteiger charge is 2.04. The van der Waals surface area contributed by atoms with E-state index >= 15 is 0 Å². The lowest BCUT2D eigenvalue weighted by Crippen LogP contribution is -1.92. The molecule has 0 nitrogen and oxygen atoms in total. The molecule has 11 heavy (non-hydrogen) atoms. The van der Waals surface area contributed by atoms with Gasteiger partial charge < -0.3 is 0 Å². The molecule has 0 aliphatic carbocycles. The highest BCUT2D eigenvalue weighted by molar-refractivity contribution is 14.1. The van der Waals surface area contributed by atoms with E-state index in [0.717, 1.165) is 3.57 Å². The van der Waals surface area contributed by atoms with Gasteiger partial charge in [-0.25, -0.2) is 4.39 Å². The van der Waals surface area contributed by atoms with Crippen LogP contribution in [0.5, 0.6) is 0 Å². The number of hydrogen-bond donors (Lipinski definition) is 0. The van der Waals surface area contributed by atoms with Crippen LogP contribution in [0, 0.1) is 9.39 Å². The van der Waals surface area contributed by atoms with Crippen LogP contribution in [0.1, 0.15) is 5.56 Å². The first-order valence-corrected chi connectivity index (χ1v) is 4.62. The van der Waals surface area contributed by atoms with E-state index in [4.69, 9.17) is 11.6 Å². The van der Waals surface area contributed by atoms with Crippen molar-refractivity contribution in [3.8, 4) is 0 Å². The van der Waals surface area contributed by atoms with Gasteiger partial charge in [-0.05, 0) is 40.8 Å². The third kappa shape index (κ3) is 2.35. The van der Waals surface area contributed by atoms with E-state index in [1.54, 1.807) is 12.1 Å². The largest absolute Gasteiger partial charge is 0.206 e. The standard InChI is InChI=1S/C7H3ClFIS/c8-7(11)5-3-4(10)1-2-6(5)9/h1-3H. The van der Waals surface area contributed by atoms with E-state index in [9.17, 15) is 4.39 Å². The summed E-state index contributed by atoms with van der Waals surface area (Å²) in [5.74, 6) is -0.370. The first kappa shape index (κ1) is 9.35. The topological polar surface area (TPSA) is 0 Å². The fourth-order valence-corrected chi connectivity index (χ4v) is 1.44. The summed E-state index contributed by atoms with van der Waals surface area (Å²) >= 11 is 12.2. The molecule has 58 valence electrons. The Balaban J connectivity index is 3.23. The molecule has 1 rings (SSSR count). The Morgan fingerprint density at radius 1 is 1.55 bits per heavy atom. The van der Waals surface area contributed by atoms with Crippen LogP contribution in [-0.2, 0) is 0 Å². The molecule has 0 unspecified atom stereocenters. The smallest absolute Gasteiger partial charge is 0.132 e. The predicted octanol–water partition coefficient (Wildman–Crippen LogP) is 3.34. The second-order valence-corrected chi connectivity index (χ2v) is 4.15. The molecule has 0 bridgehead atoms. The molecule has 0 aliphatic heterocycles. The number of benzene rings is 1. The Bertz CT molecular complexity index is 300. The average molecular weight is 301 g/mol. The summed E-state index contributed by atoms with van der Waals surface area (Å²) in [7, 11) is 0. The predicted molar refractivity (Wildman–Crippen MR) is 56.7 cm³/mol. The van der Waals surface area contributed by atoms with Crippen LogP contribution in [-0.4, -0.2) is 4.32 Å². The Kier molecular flexibility index (Phi) is 3.21. The molecule has 4 heteroatoms. The summed E-state index contributed by atoms with van der Waals surface area (Å²) < 4.78 is 13.8. The van der Waals surface area contributed by atoms with Gasteiger partial charge in [-0.1, -0.05) is 23.8 Å². The van der Waals surface area contributed by atoms with Gasteiger partial charge in [0.25, 0.3) is 0 Å². The first-order chi connectivity index (χ1) is 5.11. The minimum absolute atomic E-state index is 0.0704. The lowest BCUT2D eigenvalue weighted by Gasteiger charge is -1.98. The summed E-state index contributed by atoms with van der Waals surface area (Å²) in [4.78, 5) is 0. The fourth-order valence-electron chi connectivity index (χ4n) is 0.648. The fraction of sp³-hybridized carbons (Fsp3) is 0. The maximum absolute atomic E-state index is 12.8. The lowest BCUT2D eigenvalue weighted by molar-refractivity contribution is 0.626. The molecule has 1 aromatic carbocycles. The van der Waals surface area contributed by atoms with E-state index in [2.05, 4.69) is 34.8 Å². The minimum atomic E-state index is -0.370. The van der Waals surface area contributed by atoms with Gasteiger partial charge in [-0.15, -0.1) is 0 Å². The zero-order valence-electron chi connectivity index (χ0n) is 5.27. The van der Waals surface area contributed by atoms with Crippen molar-refractivity contribution in [3.63, 3.8) is 0 Å². The maximum Gasteiger partial charge on any atom is 0.132 e. The highest BCUT2D eigenvalue weighted by Crippen LogP contribution is 2.14. The van der Waals surface area contributed by atoms with Crippen LogP contribution in [0.4, 0.5) is 4.39 Å². The van der Waals surface area contributed by atoms with Crippen LogP contribution >= 0.6 is 46.4 Å². The van der Waals surface area contributed by atoms with Crippen LogP contribution in [0.2, 0.25) is 0 Å². The molecule has 0 heterocycles. The molecular weight excluding hydrogens is 297 g/mol. The molecule has 0 aliphatic rings. The Labute approximate surface area is 87.9 Å². The van der Waals surface area contributed by atoms with Crippen molar-refractivity contribution < 1.29 is 4.39 Å². The molecule has 1 aromatic rings. The van der Waals surface area contributed by atoms with E-state index in [1.807, 2.05) is 0 Å². The van der Waals surface area contributed by atoms with Crippen LogP contribution < -0.4 is 0 Å². The Morgan fingerprint density at radius 3 is 2.64 bits per heavy atom. The van der Waals surface area contributed by atoms with Gasteiger partial charge in [0, 0.05) is 9.13 Å². The SMILES string of the molecule is Fc1ccc(I)cc1C(=S)Cl. The third-order valence-corrected chi connectivity index (χ3v) is 2.23. The van der Waals surface area contributed by atoms with Crippen molar-refractivity contribution >= 4 is 50.7 Å². The second-order valence-electron chi connectivity index (χ2n) is 1.90. The van der Waals surface area contributed by atoms with Crippen LogP contribution in [0.25, 0.3) is 0 Å². The van der Waals surface area contributed by atoms with Crippen molar-refractivity contribution in [2.24, 2.45) is 0 Å². The summed E-state index contributed by atoms with van der Waals surface area (Å²) in [6.07, 6.45) is 0. The quantitative estimate of drug-likeness (QED) is 0.435. The van der Waals surface area contributed by atoms with Crippen molar-refractivity contribution in [1.82, 2.24) is 0 Å².